The van der Waals surface area contributed by atoms with E-state index in [1.807, 2.05) is 38.1 Å². The van der Waals surface area contributed by atoms with E-state index < -0.39 is 6.10 Å². The first-order chi connectivity index (χ1) is 9.08. The van der Waals surface area contributed by atoms with Gasteiger partial charge in [-0.2, -0.15) is 0 Å². The third-order valence-corrected chi connectivity index (χ3v) is 2.78. The predicted octanol–water partition coefficient (Wildman–Crippen LogP) is 2.82. The van der Waals surface area contributed by atoms with E-state index in [1.54, 1.807) is 6.92 Å². The van der Waals surface area contributed by atoms with Gasteiger partial charge < -0.3 is 15.2 Å². The Morgan fingerprint density at radius 1 is 1.26 bits per heavy atom. The maximum absolute atomic E-state index is 11.7. The van der Waals surface area contributed by atoms with Crippen molar-refractivity contribution in [1.82, 2.24) is 0 Å². The molecular formula is C15H23NO3. The predicted molar refractivity (Wildman–Crippen MR) is 75.0 cm³/mol. The number of rotatable bonds is 7. The van der Waals surface area contributed by atoms with E-state index in [0.29, 0.717) is 18.8 Å². The minimum absolute atomic E-state index is 0.00875. The van der Waals surface area contributed by atoms with Gasteiger partial charge in [0.05, 0.1) is 6.61 Å². The molecule has 0 radical (unpaired) electrons. The number of ether oxygens (including phenoxy) is 2. The second-order valence-electron chi connectivity index (χ2n) is 4.50. The first-order valence-corrected chi connectivity index (χ1v) is 6.77. The molecular weight excluding hydrogens is 242 g/mol. The molecule has 0 aromatic heterocycles. The molecule has 4 heteroatoms. The van der Waals surface area contributed by atoms with Crippen molar-refractivity contribution in [2.24, 2.45) is 5.73 Å². The molecule has 0 fully saturated rings. The number of carbonyl (C=O) groups is 1. The molecule has 0 heterocycles. The van der Waals surface area contributed by atoms with Crippen molar-refractivity contribution < 1.29 is 14.3 Å². The van der Waals surface area contributed by atoms with Gasteiger partial charge >= 0.3 is 5.97 Å². The maximum Gasteiger partial charge on any atom is 0.347 e. The molecule has 0 aliphatic rings. The quantitative estimate of drug-likeness (QED) is 0.770. The lowest BCUT2D eigenvalue weighted by Gasteiger charge is -2.17. The average molecular weight is 265 g/mol. The van der Waals surface area contributed by atoms with Crippen LogP contribution >= 0.6 is 0 Å². The summed E-state index contributed by atoms with van der Waals surface area (Å²) in [6.45, 7) is 6.09. The average Bonchev–Trinajstić information content (AvgIpc) is 2.39. The SMILES string of the molecule is CCCC(Oc1ccc(C(C)N)cc1)C(=O)OCC. The number of hydrogen-bond donors (Lipinski definition) is 1. The smallest absolute Gasteiger partial charge is 0.347 e. The minimum atomic E-state index is -0.536. The topological polar surface area (TPSA) is 61.5 Å². The summed E-state index contributed by atoms with van der Waals surface area (Å²) >= 11 is 0. The normalized spacial score (nSPS) is 13.7. The largest absolute Gasteiger partial charge is 0.479 e. The van der Waals surface area contributed by atoms with Gasteiger partial charge in [0.25, 0.3) is 0 Å². The Kier molecular flexibility index (Phi) is 6.36. The first kappa shape index (κ1) is 15.5. The molecule has 4 nitrogen and oxygen atoms in total. The lowest BCUT2D eigenvalue weighted by Crippen LogP contribution is -2.29. The number of hydrogen-bond acceptors (Lipinski definition) is 4. The molecule has 19 heavy (non-hydrogen) atoms. The molecule has 0 saturated heterocycles. The zero-order valence-corrected chi connectivity index (χ0v) is 11.9. The molecule has 0 aliphatic carbocycles. The lowest BCUT2D eigenvalue weighted by atomic mass is 10.1. The summed E-state index contributed by atoms with van der Waals surface area (Å²) in [7, 11) is 0. The zero-order chi connectivity index (χ0) is 14.3. The van der Waals surface area contributed by atoms with E-state index in [2.05, 4.69) is 0 Å². The standard InChI is InChI=1S/C15H23NO3/c1-4-6-14(15(17)18-5-2)19-13-9-7-12(8-10-13)11(3)16/h7-11,14H,4-6,16H2,1-3H3. The highest BCUT2D eigenvalue weighted by molar-refractivity contribution is 5.75. The third kappa shape index (κ3) is 4.91. The summed E-state index contributed by atoms with van der Waals surface area (Å²) in [4.78, 5) is 11.7. The number of carbonyl (C=O) groups excluding carboxylic acids is 1. The molecule has 1 aromatic rings. The second-order valence-corrected chi connectivity index (χ2v) is 4.50. The number of esters is 1. The van der Waals surface area contributed by atoms with Gasteiger partial charge in [0.1, 0.15) is 5.75 Å². The summed E-state index contributed by atoms with van der Waals surface area (Å²) < 4.78 is 10.7. The van der Waals surface area contributed by atoms with Crippen molar-refractivity contribution in [3.05, 3.63) is 29.8 Å². The van der Waals surface area contributed by atoms with Crippen LogP contribution < -0.4 is 10.5 Å². The molecule has 0 saturated carbocycles. The molecule has 0 aliphatic heterocycles. The van der Waals surface area contributed by atoms with Crippen LogP contribution in [0.3, 0.4) is 0 Å². The Labute approximate surface area is 114 Å². The Morgan fingerprint density at radius 2 is 1.89 bits per heavy atom. The molecule has 0 spiro atoms. The molecule has 0 bridgehead atoms. The van der Waals surface area contributed by atoms with Crippen molar-refractivity contribution in [2.45, 2.75) is 45.8 Å². The van der Waals surface area contributed by atoms with Gasteiger partial charge in [0.2, 0.25) is 0 Å². The van der Waals surface area contributed by atoms with E-state index >= 15 is 0 Å². The Hall–Kier alpha value is -1.55. The van der Waals surface area contributed by atoms with E-state index in [9.17, 15) is 4.79 Å². The van der Waals surface area contributed by atoms with Crippen LogP contribution in [0.25, 0.3) is 0 Å². The van der Waals surface area contributed by atoms with Crippen LogP contribution in [0, 0.1) is 0 Å². The highest BCUT2D eigenvalue weighted by Crippen LogP contribution is 2.19. The van der Waals surface area contributed by atoms with Crippen LogP contribution in [-0.4, -0.2) is 18.7 Å². The van der Waals surface area contributed by atoms with Gasteiger partial charge in [-0.3, -0.25) is 0 Å². The zero-order valence-electron chi connectivity index (χ0n) is 11.9. The van der Waals surface area contributed by atoms with Gasteiger partial charge in [-0.25, -0.2) is 4.79 Å². The van der Waals surface area contributed by atoms with Crippen LogP contribution in [0.1, 0.15) is 45.2 Å². The molecule has 2 unspecified atom stereocenters. The van der Waals surface area contributed by atoms with Crippen molar-refractivity contribution in [1.29, 1.82) is 0 Å². The molecule has 2 N–H and O–H groups in total. The number of benzene rings is 1. The maximum atomic E-state index is 11.7. The fraction of sp³-hybridized carbons (Fsp3) is 0.533. The summed E-state index contributed by atoms with van der Waals surface area (Å²) in [5, 5.41) is 0. The van der Waals surface area contributed by atoms with E-state index in [0.717, 1.165) is 12.0 Å². The van der Waals surface area contributed by atoms with Gasteiger partial charge in [-0.1, -0.05) is 25.5 Å². The van der Waals surface area contributed by atoms with E-state index in [-0.39, 0.29) is 12.0 Å². The van der Waals surface area contributed by atoms with Crippen LogP contribution in [0.2, 0.25) is 0 Å². The van der Waals surface area contributed by atoms with Gasteiger partial charge in [0, 0.05) is 6.04 Å². The van der Waals surface area contributed by atoms with Crippen molar-refractivity contribution in [3.63, 3.8) is 0 Å². The molecule has 2 atom stereocenters. The van der Waals surface area contributed by atoms with E-state index in [1.165, 1.54) is 0 Å². The van der Waals surface area contributed by atoms with Gasteiger partial charge in [0.15, 0.2) is 6.10 Å². The van der Waals surface area contributed by atoms with Crippen molar-refractivity contribution in [3.8, 4) is 5.75 Å². The van der Waals surface area contributed by atoms with Crippen LogP contribution in [-0.2, 0) is 9.53 Å². The fourth-order valence-electron chi connectivity index (χ4n) is 1.74. The summed E-state index contributed by atoms with van der Waals surface area (Å²) in [6.07, 6.45) is 0.973. The fourth-order valence-corrected chi connectivity index (χ4v) is 1.74. The lowest BCUT2D eigenvalue weighted by molar-refractivity contribution is -0.151. The van der Waals surface area contributed by atoms with E-state index in [4.69, 9.17) is 15.2 Å². The van der Waals surface area contributed by atoms with Crippen LogP contribution in [0.4, 0.5) is 0 Å². The summed E-state index contributed by atoms with van der Waals surface area (Å²) in [5.74, 6) is 0.358. The third-order valence-electron chi connectivity index (χ3n) is 2.78. The molecule has 1 rings (SSSR count). The van der Waals surface area contributed by atoms with Crippen LogP contribution in [0.15, 0.2) is 24.3 Å². The van der Waals surface area contributed by atoms with Crippen LogP contribution in [0.5, 0.6) is 5.75 Å². The molecule has 1 aromatic carbocycles. The van der Waals surface area contributed by atoms with Gasteiger partial charge in [-0.15, -0.1) is 0 Å². The van der Waals surface area contributed by atoms with Crippen molar-refractivity contribution >= 4 is 5.97 Å². The Balaban J connectivity index is 2.70. The minimum Gasteiger partial charge on any atom is -0.479 e. The molecule has 106 valence electrons. The Bertz CT molecular complexity index is 387. The van der Waals surface area contributed by atoms with Crippen molar-refractivity contribution in [2.75, 3.05) is 6.61 Å². The van der Waals surface area contributed by atoms with Gasteiger partial charge in [-0.05, 0) is 38.0 Å². The highest BCUT2D eigenvalue weighted by Gasteiger charge is 2.20. The number of nitrogens with two attached hydrogens (primary N) is 1. The summed E-state index contributed by atoms with van der Waals surface area (Å²) in [5.41, 5.74) is 6.82. The monoisotopic (exact) mass is 265 g/mol. The molecule has 0 amide bonds. The highest BCUT2D eigenvalue weighted by atomic mass is 16.6. The second kappa shape index (κ2) is 7.79. The summed E-state index contributed by atoms with van der Waals surface area (Å²) in [6, 6.07) is 7.48. The first-order valence-electron chi connectivity index (χ1n) is 6.77. The Morgan fingerprint density at radius 3 is 2.37 bits per heavy atom.